The molecular formula is C42H64N4O11SSi. The second kappa shape index (κ2) is 19.9. The highest BCUT2D eigenvalue weighted by molar-refractivity contribution is 7.92. The van der Waals surface area contributed by atoms with Crippen molar-refractivity contribution in [2.45, 2.75) is 130 Å². The van der Waals surface area contributed by atoms with Gasteiger partial charge in [0, 0.05) is 18.1 Å². The van der Waals surface area contributed by atoms with Crippen LogP contribution in [0.3, 0.4) is 0 Å². The van der Waals surface area contributed by atoms with Crippen molar-refractivity contribution in [1.82, 2.24) is 14.7 Å². The third kappa shape index (κ3) is 12.9. The molecule has 328 valence electrons. The molecule has 2 atom stereocenters. The van der Waals surface area contributed by atoms with Crippen LogP contribution in [0.1, 0.15) is 117 Å². The summed E-state index contributed by atoms with van der Waals surface area (Å²) in [7, 11) is -6.49. The zero-order valence-electron chi connectivity index (χ0n) is 36.7. The molecule has 2 heterocycles. The number of benzene rings is 2. The standard InChI is InChI=1S/C42H64N4O11SSi/c1-12-52-38(47)37-33-23-22-32(28-34(33)45(43-37)36-21-16-17-25-54-36)53-26-24-44(39(48)55-41(5,6)7)29-35(57-59(13-2,14-3)15-4)30-19-18-20-31(27-30)46(58(11,50)51)40(49)56-42(8,9)10/h18-20,22-23,27-28,35-36H,12-17,21,24-26,29H2,1-11H3/t35-,36?/m0/s1. The SMILES string of the molecule is CCOC(=O)c1nn(C2CCCCO2)c2cc(OCCN(C[C@H](O[Si](CC)(CC)CC)c3cccc(N(C(=O)OC(C)(C)C)S(C)(=O)=O)c3)C(=O)OC(C)(C)C)ccc12. The summed E-state index contributed by atoms with van der Waals surface area (Å²) < 4.78 is 64.5. The van der Waals surface area contributed by atoms with Gasteiger partial charge in [0.05, 0.1) is 43.3 Å². The number of nitrogens with zero attached hydrogens (tertiary/aromatic N) is 4. The molecule has 1 aromatic heterocycles. The van der Waals surface area contributed by atoms with E-state index in [1.807, 2.05) is 0 Å². The molecule has 0 bridgehead atoms. The first-order valence-corrected chi connectivity index (χ1v) is 24.9. The highest BCUT2D eigenvalue weighted by Gasteiger charge is 2.36. The largest absolute Gasteiger partial charge is 0.492 e. The third-order valence-electron chi connectivity index (χ3n) is 9.94. The minimum absolute atomic E-state index is 0.0372. The van der Waals surface area contributed by atoms with Crippen LogP contribution in [0.5, 0.6) is 5.75 Å². The Hall–Kier alpha value is -4.19. The minimum atomic E-state index is -4.11. The van der Waals surface area contributed by atoms with E-state index in [-0.39, 0.29) is 43.9 Å². The quantitative estimate of drug-likeness (QED) is 0.0720. The molecule has 59 heavy (non-hydrogen) atoms. The van der Waals surface area contributed by atoms with E-state index in [9.17, 15) is 22.8 Å². The first kappa shape index (κ1) is 47.5. The van der Waals surface area contributed by atoms with Gasteiger partial charge >= 0.3 is 18.2 Å². The van der Waals surface area contributed by atoms with E-state index in [1.165, 1.54) is 11.0 Å². The Morgan fingerprint density at radius 2 is 1.59 bits per heavy atom. The summed E-state index contributed by atoms with van der Waals surface area (Å²) in [6.45, 7) is 19.4. The molecule has 0 spiro atoms. The van der Waals surface area contributed by atoms with Crippen molar-refractivity contribution in [2.75, 3.05) is 43.5 Å². The van der Waals surface area contributed by atoms with Crippen molar-refractivity contribution in [3.63, 3.8) is 0 Å². The molecule has 4 rings (SSSR count). The van der Waals surface area contributed by atoms with Gasteiger partial charge in [-0.25, -0.2) is 27.5 Å². The van der Waals surface area contributed by atoms with E-state index in [0.717, 1.165) is 43.7 Å². The molecule has 0 aliphatic carbocycles. The lowest BCUT2D eigenvalue weighted by molar-refractivity contribution is -0.0369. The highest BCUT2D eigenvalue weighted by atomic mass is 32.2. The maximum atomic E-state index is 14.0. The number of carbonyl (C=O) groups is 3. The predicted molar refractivity (Wildman–Crippen MR) is 229 cm³/mol. The first-order valence-electron chi connectivity index (χ1n) is 20.6. The van der Waals surface area contributed by atoms with E-state index in [4.69, 9.17) is 28.1 Å². The van der Waals surface area contributed by atoms with Gasteiger partial charge in [0.25, 0.3) is 0 Å². The molecule has 15 nitrogen and oxygen atoms in total. The smallest absolute Gasteiger partial charge is 0.428 e. The molecule has 1 aliphatic heterocycles. The monoisotopic (exact) mass is 860 g/mol. The minimum Gasteiger partial charge on any atom is -0.492 e. The van der Waals surface area contributed by atoms with Crippen molar-refractivity contribution in [1.29, 1.82) is 0 Å². The molecule has 1 fully saturated rings. The van der Waals surface area contributed by atoms with Gasteiger partial charge in [0.1, 0.15) is 23.6 Å². The van der Waals surface area contributed by atoms with Crippen molar-refractivity contribution < 1.29 is 50.9 Å². The van der Waals surface area contributed by atoms with Crippen LogP contribution in [0.15, 0.2) is 42.5 Å². The number of fused-ring (bicyclic) bond motifs is 1. The average Bonchev–Trinajstić information content (AvgIpc) is 3.54. The Bertz CT molecular complexity index is 2010. The molecule has 0 saturated carbocycles. The van der Waals surface area contributed by atoms with Crippen molar-refractivity contribution in [3.05, 3.63) is 53.7 Å². The molecule has 2 amide bonds. The molecule has 17 heteroatoms. The van der Waals surface area contributed by atoms with E-state index in [2.05, 4.69) is 25.9 Å². The number of anilines is 1. The second-order valence-corrected chi connectivity index (χ2v) is 23.3. The van der Waals surface area contributed by atoms with Crippen LogP contribution < -0.4 is 9.04 Å². The van der Waals surface area contributed by atoms with Crippen LogP contribution >= 0.6 is 0 Å². The fourth-order valence-electron chi connectivity index (χ4n) is 6.85. The van der Waals surface area contributed by atoms with Crippen LogP contribution in [0.2, 0.25) is 18.1 Å². The number of hydrogen-bond acceptors (Lipinski definition) is 12. The van der Waals surface area contributed by atoms with E-state index in [0.29, 0.717) is 33.1 Å². The van der Waals surface area contributed by atoms with Gasteiger partial charge in [-0.2, -0.15) is 9.40 Å². The summed E-state index contributed by atoms with van der Waals surface area (Å²) in [5.74, 6) is -0.0295. The summed E-state index contributed by atoms with van der Waals surface area (Å²) in [4.78, 5) is 41.7. The van der Waals surface area contributed by atoms with Gasteiger partial charge in [0.15, 0.2) is 20.2 Å². The zero-order chi connectivity index (χ0) is 43.8. The van der Waals surface area contributed by atoms with E-state index >= 15 is 0 Å². The van der Waals surface area contributed by atoms with Crippen molar-refractivity contribution in [3.8, 4) is 5.75 Å². The van der Waals surface area contributed by atoms with Gasteiger partial charge < -0.3 is 33.0 Å². The van der Waals surface area contributed by atoms with Gasteiger partial charge in [-0.05, 0) is 116 Å². The van der Waals surface area contributed by atoms with Gasteiger partial charge in [-0.15, -0.1) is 0 Å². The normalized spacial score (nSPS) is 15.7. The molecule has 1 unspecified atom stereocenters. The summed E-state index contributed by atoms with van der Waals surface area (Å²) in [6, 6.07) is 14.3. The Morgan fingerprint density at radius 3 is 2.17 bits per heavy atom. The van der Waals surface area contributed by atoms with E-state index in [1.54, 1.807) is 89.5 Å². The number of carbonyl (C=O) groups excluding carboxylic acids is 3. The first-order chi connectivity index (χ1) is 27.6. The Labute approximate surface area is 350 Å². The van der Waals surface area contributed by atoms with Crippen LogP contribution in [-0.4, -0.2) is 99.9 Å². The lowest BCUT2D eigenvalue weighted by Crippen LogP contribution is -2.45. The summed E-state index contributed by atoms with van der Waals surface area (Å²) in [6.07, 6.45) is 0.904. The maximum Gasteiger partial charge on any atom is 0.428 e. The number of amides is 2. The topological polar surface area (TPSA) is 165 Å². The van der Waals surface area contributed by atoms with Crippen molar-refractivity contribution >= 4 is 53.1 Å². The van der Waals surface area contributed by atoms with Crippen molar-refractivity contribution in [2.24, 2.45) is 0 Å². The number of rotatable bonds is 17. The predicted octanol–water partition coefficient (Wildman–Crippen LogP) is 8.99. The molecule has 2 aromatic carbocycles. The third-order valence-corrected chi connectivity index (χ3v) is 15.6. The fraction of sp³-hybridized carbons (Fsp3) is 0.619. The number of sulfonamides is 1. The Kier molecular flexibility index (Phi) is 16.0. The molecule has 0 radical (unpaired) electrons. The molecule has 0 N–H and O–H groups in total. The molecule has 3 aromatic rings. The molecule has 1 aliphatic rings. The highest BCUT2D eigenvalue weighted by Crippen LogP contribution is 2.34. The Morgan fingerprint density at radius 1 is 0.932 bits per heavy atom. The van der Waals surface area contributed by atoms with E-state index < -0.39 is 53.8 Å². The van der Waals surface area contributed by atoms with Gasteiger partial charge in [0.2, 0.25) is 10.0 Å². The zero-order valence-corrected chi connectivity index (χ0v) is 38.5. The maximum absolute atomic E-state index is 14.0. The van der Waals surface area contributed by atoms with Gasteiger partial charge in [-0.3, -0.25) is 0 Å². The summed E-state index contributed by atoms with van der Waals surface area (Å²) in [5.41, 5.74) is -0.254. The lowest BCUT2D eigenvalue weighted by Gasteiger charge is -2.37. The van der Waals surface area contributed by atoms with Crippen LogP contribution in [0, 0.1) is 0 Å². The average molecular weight is 861 g/mol. The Balaban J connectivity index is 1.71. The number of hydrogen-bond donors (Lipinski definition) is 0. The van der Waals surface area contributed by atoms with Crippen LogP contribution in [0.25, 0.3) is 10.9 Å². The lowest BCUT2D eigenvalue weighted by atomic mass is 10.1. The number of ether oxygens (including phenoxy) is 5. The second-order valence-electron chi connectivity index (χ2n) is 16.7. The van der Waals surface area contributed by atoms with Crippen LogP contribution in [0.4, 0.5) is 15.3 Å². The number of esters is 1. The molecule has 1 saturated heterocycles. The number of aromatic nitrogens is 2. The fourth-order valence-corrected chi connectivity index (χ4v) is 10.5. The molecular weight excluding hydrogens is 797 g/mol. The summed E-state index contributed by atoms with van der Waals surface area (Å²) in [5, 5.41) is 5.24. The summed E-state index contributed by atoms with van der Waals surface area (Å²) >= 11 is 0. The van der Waals surface area contributed by atoms with Gasteiger partial charge in [-0.1, -0.05) is 32.9 Å². The van der Waals surface area contributed by atoms with Crippen LogP contribution in [-0.2, 0) is 33.4 Å².